The van der Waals surface area contributed by atoms with Gasteiger partial charge in [0, 0.05) is 5.71 Å². The van der Waals surface area contributed by atoms with Crippen LogP contribution in [0.15, 0.2) is 35.3 Å². The van der Waals surface area contributed by atoms with Gasteiger partial charge in [-0.15, -0.1) is 0 Å². The van der Waals surface area contributed by atoms with E-state index in [1.165, 1.54) is 16.7 Å². The molecule has 1 atom stereocenters. The van der Waals surface area contributed by atoms with Gasteiger partial charge in [-0.05, 0) is 83.9 Å². The zero-order chi connectivity index (χ0) is 21.7. The molecule has 3 rings (SSSR count). The molecule has 1 aliphatic carbocycles. The first-order chi connectivity index (χ1) is 13.4. The van der Waals surface area contributed by atoms with Crippen LogP contribution in [0.5, 0.6) is 0 Å². The van der Waals surface area contributed by atoms with Gasteiger partial charge in [0.25, 0.3) is 0 Å². The minimum Gasteiger partial charge on any atom is -0.478 e. The lowest BCUT2D eigenvalue weighted by Crippen LogP contribution is -2.40. The zero-order valence-corrected chi connectivity index (χ0v) is 19.0. The number of para-hydroxylation sites is 1. The van der Waals surface area contributed by atoms with Gasteiger partial charge >= 0.3 is 5.97 Å². The first-order valence-corrected chi connectivity index (χ1v) is 10.4. The normalized spacial score (nSPS) is 20.3. The van der Waals surface area contributed by atoms with Gasteiger partial charge < -0.3 is 5.11 Å². The minimum atomic E-state index is -0.945. The Morgan fingerprint density at radius 1 is 1.03 bits per heavy atom. The zero-order valence-electron chi connectivity index (χ0n) is 19.0. The smallest absolute Gasteiger partial charge is 0.337 e. The van der Waals surface area contributed by atoms with Crippen LogP contribution in [-0.2, 0) is 10.8 Å². The molecule has 0 heterocycles. The number of nitrogens with zero attached hydrogens (tertiary/aromatic N) is 1. The molecule has 0 aromatic heterocycles. The Balaban J connectivity index is 2.20. The number of rotatable bonds is 3. The summed E-state index contributed by atoms with van der Waals surface area (Å²) in [5.74, 6) is -0.339. The van der Waals surface area contributed by atoms with Crippen molar-refractivity contribution in [2.75, 3.05) is 0 Å². The van der Waals surface area contributed by atoms with Crippen LogP contribution in [0, 0.1) is 19.8 Å². The fourth-order valence-electron chi connectivity index (χ4n) is 4.79. The van der Waals surface area contributed by atoms with Gasteiger partial charge in [-0.3, -0.25) is 4.99 Å². The molecule has 3 nitrogen and oxygen atoms in total. The number of hydrogen-bond donors (Lipinski definition) is 1. The van der Waals surface area contributed by atoms with Crippen LogP contribution in [0.2, 0.25) is 0 Å². The molecular formula is C26H33NO2. The summed E-state index contributed by atoms with van der Waals surface area (Å²) in [5.41, 5.74) is 7.85. The summed E-state index contributed by atoms with van der Waals surface area (Å²) in [6.45, 7) is 17.7. The van der Waals surface area contributed by atoms with E-state index in [4.69, 9.17) is 4.99 Å². The third kappa shape index (κ3) is 3.63. The Morgan fingerprint density at radius 3 is 2.31 bits per heavy atom. The van der Waals surface area contributed by atoms with Gasteiger partial charge in [0.2, 0.25) is 0 Å². The molecule has 1 unspecified atom stereocenters. The van der Waals surface area contributed by atoms with Crippen LogP contribution < -0.4 is 0 Å². The molecule has 0 saturated heterocycles. The second-order valence-corrected chi connectivity index (χ2v) is 9.90. The van der Waals surface area contributed by atoms with Crippen molar-refractivity contribution in [3.8, 4) is 0 Å². The monoisotopic (exact) mass is 391 g/mol. The maximum Gasteiger partial charge on any atom is 0.337 e. The van der Waals surface area contributed by atoms with Crippen molar-refractivity contribution >= 4 is 17.4 Å². The van der Waals surface area contributed by atoms with E-state index in [1.54, 1.807) is 12.1 Å². The topological polar surface area (TPSA) is 49.7 Å². The van der Waals surface area contributed by atoms with Crippen LogP contribution in [0.1, 0.15) is 86.1 Å². The molecule has 154 valence electrons. The standard InChI is InChI=1S/C26H33NO2/c1-15-10-9-11-19(24(28)29)23(15)27-18(4)20-13-21-22(12-16(20)2)26(7,8)17(3)14-25(21,5)6/h9-13,17H,14H2,1-8H3,(H,28,29). The first-order valence-electron chi connectivity index (χ1n) is 10.4. The molecule has 3 heteroatoms. The van der Waals surface area contributed by atoms with E-state index in [9.17, 15) is 9.90 Å². The maximum atomic E-state index is 11.7. The van der Waals surface area contributed by atoms with Crippen LogP contribution in [0.25, 0.3) is 0 Å². The number of aromatic carboxylic acids is 1. The lowest BCUT2D eigenvalue weighted by Gasteiger charge is -2.47. The van der Waals surface area contributed by atoms with Crippen LogP contribution >= 0.6 is 0 Å². The van der Waals surface area contributed by atoms with E-state index < -0.39 is 5.97 Å². The van der Waals surface area contributed by atoms with E-state index in [0.717, 1.165) is 23.3 Å². The second-order valence-electron chi connectivity index (χ2n) is 9.90. The highest BCUT2D eigenvalue weighted by atomic mass is 16.4. The number of carboxylic acid groups (broad SMARTS) is 1. The summed E-state index contributed by atoms with van der Waals surface area (Å²) in [7, 11) is 0. The van der Waals surface area contributed by atoms with Crippen LogP contribution in [0.3, 0.4) is 0 Å². The second kappa shape index (κ2) is 7.12. The molecule has 0 bridgehead atoms. The number of fused-ring (bicyclic) bond motifs is 1. The molecule has 0 radical (unpaired) electrons. The lowest BCUT2D eigenvalue weighted by atomic mass is 9.58. The number of aryl methyl sites for hydroxylation is 2. The number of carboxylic acids is 1. The number of aliphatic imine (C=N–C) groups is 1. The Hall–Kier alpha value is -2.42. The van der Waals surface area contributed by atoms with Gasteiger partial charge in [-0.2, -0.15) is 0 Å². The largest absolute Gasteiger partial charge is 0.478 e. The molecule has 0 spiro atoms. The van der Waals surface area contributed by atoms with E-state index in [2.05, 4.69) is 53.7 Å². The first kappa shape index (κ1) is 21.3. The third-order valence-electron chi connectivity index (χ3n) is 6.97. The van der Waals surface area contributed by atoms with Crippen molar-refractivity contribution in [3.63, 3.8) is 0 Å². The van der Waals surface area contributed by atoms with Crippen molar-refractivity contribution in [2.45, 2.75) is 72.6 Å². The number of hydrogen-bond acceptors (Lipinski definition) is 2. The predicted octanol–water partition coefficient (Wildman–Crippen LogP) is 6.74. The fourth-order valence-corrected chi connectivity index (χ4v) is 4.79. The summed E-state index contributed by atoms with van der Waals surface area (Å²) >= 11 is 0. The molecule has 1 aliphatic rings. The molecule has 0 fully saturated rings. The Labute approximate surface area is 174 Å². The summed E-state index contributed by atoms with van der Waals surface area (Å²) < 4.78 is 0. The predicted molar refractivity (Wildman–Crippen MR) is 121 cm³/mol. The summed E-state index contributed by atoms with van der Waals surface area (Å²) in [6, 6.07) is 9.93. The lowest BCUT2D eigenvalue weighted by molar-refractivity contribution is 0.0697. The maximum absolute atomic E-state index is 11.7. The summed E-state index contributed by atoms with van der Waals surface area (Å²) in [6.07, 6.45) is 1.15. The molecule has 0 saturated carbocycles. The molecule has 29 heavy (non-hydrogen) atoms. The highest BCUT2D eigenvalue weighted by molar-refractivity contribution is 6.04. The Kier molecular flexibility index (Phi) is 5.23. The fraction of sp³-hybridized carbons (Fsp3) is 0.462. The van der Waals surface area contributed by atoms with Crippen LogP contribution in [0.4, 0.5) is 5.69 Å². The molecule has 0 aliphatic heterocycles. The van der Waals surface area contributed by atoms with Gasteiger partial charge in [-0.25, -0.2) is 4.79 Å². The SMILES string of the molecule is CC(=Nc1c(C)cccc1C(=O)O)c1cc2c(cc1C)C(C)(C)C(C)CC2(C)C. The highest BCUT2D eigenvalue weighted by Gasteiger charge is 2.42. The van der Waals surface area contributed by atoms with Crippen molar-refractivity contribution in [3.05, 3.63) is 63.7 Å². The summed E-state index contributed by atoms with van der Waals surface area (Å²) in [5, 5.41) is 9.57. The molecule has 2 aromatic rings. The van der Waals surface area contributed by atoms with Gasteiger partial charge in [0.05, 0.1) is 11.3 Å². The van der Waals surface area contributed by atoms with E-state index >= 15 is 0 Å². The van der Waals surface area contributed by atoms with Gasteiger partial charge in [-0.1, -0.05) is 52.8 Å². The number of benzene rings is 2. The Bertz CT molecular complexity index is 1010. The third-order valence-corrected chi connectivity index (χ3v) is 6.97. The van der Waals surface area contributed by atoms with Gasteiger partial charge in [0.15, 0.2) is 0 Å². The average molecular weight is 392 g/mol. The van der Waals surface area contributed by atoms with Crippen molar-refractivity contribution < 1.29 is 9.90 Å². The number of carbonyl (C=O) groups is 1. The van der Waals surface area contributed by atoms with Crippen molar-refractivity contribution in [2.24, 2.45) is 10.9 Å². The highest BCUT2D eigenvalue weighted by Crippen LogP contribution is 2.49. The van der Waals surface area contributed by atoms with Gasteiger partial charge in [0.1, 0.15) is 0 Å². The Morgan fingerprint density at radius 2 is 1.69 bits per heavy atom. The molecule has 0 amide bonds. The van der Waals surface area contributed by atoms with E-state index in [-0.39, 0.29) is 16.4 Å². The minimum absolute atomic E-state index is 0.0991. The van der Waals surface area contributed by atoms with E-state index in [0.29, 0.717) is 11.6 Å². The average Bonchev–Trinajstić information content (AvgIpc) is 2.61. The molecule has 1 N–H and O–H groups in total. The van der Waals surface area contributed by atoms with Crippen LogP contribution in [-0.4, -0.2) is 16.8 Å². The quantitative estimate of drug-likeness (QED) is 0.589. The van der Waals surface area contributed by atoms with Crippen molar-refractivity contribution in [1.82, 2.24) is 0 Å². The molecular weight excluding hydrogens is 358 g/mol. The molecule has 2 aromatic carbocycles. The summed E-state index contributed by atoms with van der Waals surface area (Å²) in [4.78, 5) is 16.5. The van der Waals surface area contributed by atoms with Crippen molar-refractivity contribution in [1.29, 1.82) is 0 Å². The van der Waals surface area contributed by atoms with E-state index in [1.807, 2.05) is 19.9 Å².